The van der Waals surface area contributed by atoms with E-state index in [1.54, 1.807) is 0 Å². The number of hydrogen-bond acceptors (Lipinski definition) is 4. The quantitative estimate of drug-likeness (QED) is 0.779. The van der Waals surface area contributed by atoms with Gasteiger partial charge in [0, 0.05) is 11.5 Å². The molecule has 2 unspecified atom stereocenters. The SMILES string of the molecule is CC1Sc2ccc(C(O)CCCO)cc2NC1=O. The number of rotatable bonds is 4. The minimum atomic E-state index is -0.594. The third-order valence-electron chi connectivity index (χ3n) is 2.95. The molecular formula is C13H17NO3S. The van der Waals surface area contributed by atoms with Crippen molar-refractivity contribution in [1.82, 2.24) is 0 Å². The van der Waals surface area contributed by atoms with Crippen molar-refractivity contribution in [2.75, 3.05) is 11.9 Å². The third kappa shape index (κ3) is 2.85. The Morgan fingerprint density at radius 2 is 2.28 bits per heavy atom. The molecule has 0 saturated carbocycles. The van der Waals surface area contributed by atoms with Gasteiger partial charge < -0.3 is 15.5 Å². The van der Waals surface area contributed by atoms with Crippen LogP contribution < -0.4 is 5.32 Å². The van der Waals surface area contributed by atoms with Crippen LogP contribution >= 0.6 is 11.8 Å². The summed E-state index contributed by atoms with van der Waals surface area (Å²) >= 11 is 1.52. The first-order valence-electron chi connectivity index (χ1n) is 6.02. The van der Waals surface area contributed by atoms with Crippen LogP contribution in [0, 0.1) is 0 Å². The van der Waals surface area contributed by atoms with Crippen molar-refractivity contribution < 1.29 is 15.0 Å². The molecule has 0 aromatic heterocycles. The van der Waals surface area contributed by atoms with E-state index in [1.807, 2.05) is 25.1 Å². The van der Waals surface area contributed by atoms with E-state index in [0.29, 0.717) is 12.8 Å². The smallest absolute Gasteiger partial charge is 0.237 e. The Hall–Kier alpha value is -1.04. The number of amides is 1. The maximum atomic E-state index is 11.6. The fourth-order valence-electron chi connectivity index (χ4n) is 1.88. The largest absolute Gasteiger partial charge is 0.396 e. The van der Waals surface area contributed by atoms with Gasteiger partial charge in [0.25, 0.3) is 0 Å². The van der Waals surface area contributed by atoms with E-state index in [4.69, 9.17) is 5.11 Å². The number of carbonyl (C=O) groups excluding carboxylic acids is 1. The molecule has 1 aromatic carbocycles. The molecular weight excluding hydrogens is 250 g/mol. The van der Waals surface area contributed by atoms with E-state index in [0.717, 1.165) is 16.1 Å². The Morgan fingerprint density at radius 3 is 3.00 bits per heavy atom. The van der Waals surface area contributed by atoms with Gasteiger partial charge >= 0.3 is 0 Å². The fourth-order valence-corrected chi connectivity index (χ4v) is 2.82. The maximum Gasteiger partial charge on any atom is 0.237 e. The molecule has 0 spiro atoms. The Kier molecular flexibility index (Phi) is 4.27. The zero-order chi connectivity index (χ0) is 13.1. The summed E-state index contributed by atoms with van der Waals surface area (Å²) in [6.07, 6.45) is 0.493. The van der Waals surface area contributed by atoms with Crippen molar-refractivity contribution in [2.24, 2.45) is 0 Å². The van der Waals surface area contributed by atoms with Gasteiger partial charge in [-0.2, -0.15) is 0 Å². The average molecular weight is 267 g/mol. The molecule has 1 aliphatic heterocycles. The summed E-state index contributed by atoms with van der Waals surface area (Å²) in [6, 6.07) is 5.61. The second kappa shape index (κ2) is 5.73. The minimum Gasteiger partial charge on any atom is -0.396 e. The number of benzene rings is 1. The summed E-state index contributed by atoms with van der Waals surface area (Å²) in [7, 11) is 0. The van der Waals surface area contributed by atoms with E-state index in [1.165, 1.54) is 11.8 Å². The Bertz CT molecular complexity index is 450. The van der Waals surface area contributed by atoms with Crippen LogP contribution in [-0.4, -0.2) is 28.0 Å². The van der Waals surface area contributed by atoms with Crippen LogP contribution in [0.2, 0.25) is 0 Å². The number of anilines is 1. The van der Waals surface area contributed by atoms with Crippen LogP contribution in [0.25, 0.3) is 0 Å². The molecule has 5 heteroatoms. The molecule has 0 fully saturated rings. The summed E-state index contributed by atoms with van der Waals surface area (Å²) in [5, 5.41) is 21.4. The zero-order valence-electron chi connectivity index (χ0n) is 10.2. The number of aliphatic hydroxyl groups is 2. The van der Waals surface area contributed by atoms with Crippen molar-refractivity contribution in [3.8, 4) is 0 Å². The summed E-state index contributed by atoms with van der Waals surface area (Å²) in [6.45, 7) is 1.94. The first-order valence-corrected chi connectivity index (χ1v) is 6.90. The highest BCUT2D eigenvalue weighted by atomic mass is 32.2. The molecule has 4 nitrogen and oxygen atoms in total. The van der Waals surface area contributed by atoms with Gasteiger partial charge in [0.2, 0.25) is 5.91 Å². The summed E-state index contributed by atoms with van der Waals surface area (Å²) < 4.78 is 0. The van der Waals surface area contributed by atoms with Crippen molar-refractivity contribution in [1.29, 1.82) is 0 Å². The lowest BCUT2D eigenvalue weighted by Gasteiger charge is -2.22. The van der Waals surface area contributed by atoms with E-state index < -0.39 is 6.10 Å². The van der Waals surface area contributed by atoms with E-state index in [9.17, 15) is 9.90 Å². The highest BCUT2D eigenvalue weighted by molar-refractivity contribution is 8.00. The van der Waals surface area contributed by atoms with Gasteiger partial charge in [-0.1, -0.05) is 6.07 Å². The Morgan fingerprint density at radius 1 is 1.50 bits per heavy atom. The summed E-state index contributed by atoms with van der Waals surface area (Å²) in [5.74, 6) is -0.00509. The van der Waals surface area contributed by atoms with Crippen molar-refractivity contribution in [3.63, 3.8) is 0 Å². The van der Waals surface area contributed by atoms with Gasteiger partial charge in [0.15, 0.2) is 0 Å². The number of fused-ring (bicyclic) bond motifs is 1. The molecule has 0 radical (unpaired) electrons. The third-order valence-corrected chi connectivity index (χ3v) is 4.13. The van der Waals surface area contributed by atoms with E-state index in [-0.39, 0.29) is 17.8 Å². The molecule has 2 rings (SSSR count). The van der Waals surface area contributed by atoms with Crippen molar-refractivity contribution in [2.45, 2.75) is 36.0 Å². The number of thioether (sulfide) groups is 1. The molecule has 0 saturated heterocycles. The molecule has 2 atom stereocenters. The Labute approximate surface area is 110 Å². The number of hydrogen-bond donors (Lipinski definition) is 3. The first kappa shape index (κ1) is 13.4. The maximum absolute atomic E-state index is 11.6. The highest BCUT2D eigenvalue weighted by Gasteiger charge is 2.23. The summed E-state index contributed by atoms with van der Waals surface area (Å²) in [5.41, 5.74) is 1.54. The van der Waals surface area contributed by atoms with E-state index in [2.05, 4.69) is 5.32 Å². The molecule has 1 aromatic rings. The standard InChI is InChI=1S/C13H17NO3S/c1-8-13(17)14-10-7-9(4-5-12(10)18-8)11(16)3-2-6-15/h4-5,7-8,11,15-16H,2-3,6H2,1H3,(H,14,17). The minimum absolute atomic E-state index is 0.00509. The molecule has 1 amide bonds. The van der Waals surface area contributed by atoms with Crippen molar-refractivity contribution >= 4 is 23.4 Å². The number of nitrogens with one attached hydrogen (secondary N) is 1. The summed E-state index contributed by atoms with van der Waals surface area (Å²) in [4.78, 5) is 12.6. The molecule has 18 heavy (non-hydrogen) atoms. The molecule has 0 aliphatic carbocycles. The van der Waals surface area contributed by atoms with Crippen LogP contribution in [0.4, 0.5) is 5.69 Å². The normalized spacial score (nSPS) is 20.2. The first-order chi connectivity index (χ1) is 8.61. The monoisotopic (exact) mass is 267 g/mol. The van der Waals surface area contributed by atoms with Gasteiger partial charge in [0.05, 0.1) is 17.0 Å². The Balaban J connectivity index is 2.17. The average Bonchev–Trinajstić information content (AvgIpc) is 2.36. The van der Waals surface area contributed by atoms with Crippen molar-refractivity contribution in [3.05, 3.63) is 23.8 Å². The number of carbonyl (C=O) groups is 1. The fraction of sp³-hybridized carbons (Fsp3) is 0.462. The molecule has 3 N–H and O–H groups in total. The predicted molar refractivity (Wildman–Crippen MR) is 71.7 cm³/mol. The lowest BCUT2D eigenvalue weighted by molar-refractivity contribution is -0.115. The number of aliphatic hydroxyl groups excluding tert-OH is 2. The van der Waals surface area contributed by atoms with Gasteiger partial charge in [-0.15, -0.1) is 11.8 Å². The van der Waals surface area contributed by atoms with Gasteiger partial charge in [-0.05, 0) is 37.5 Å². The van der Waals surface area contributed by atoms with Crippen LogP contribution in [0.15, 0.2) is 23.1 Å². The van der Waals surface area contributed by atoms with Gasteiger partial charge in [0.1, 0.15) is 0 Å². The molecule has 1 heterocycles. The van der Waals surface area contributed by atoms with Gasteiger partial charge in [-0.3, -0.25) is 4.79 Å². The predicted octanol–water partition coefficient (Wildman–Crippen LogP) is 1.93. The second-order valence-corrected chi connectivity index (χ2v) is 5.77. The van der Waals surface area contributed by atoms with Crippen LogP contribution in [-0.2, 0) is 4.79 Å². The van der Waals surface area contributed by atoms with Crippen LogP contribution in [0.5, 0.6) is 0 Å². The van der Waals surface area contributed by atoms with Crippen LogP contribution in [0.3, 0.4) is 0 Å². The lowest BCUT2D eigenvalue weighted by Crippen LogP contribution is -2.26. The van der Waals surface area contributed by atoms with Crippen LogP contribution in [0.1, 0.15) is 31.4 Å². The van der Waals surface area contributed by atoms with Gasteiger partial charge in [-0.25, -0.2) is 0 Å². The molecule has 98 valence electrons. The van der Waals surface area contributed by atoms with E-state index >= 15 is 0 Å². The highest BCUT2D eigenvalue weighted by Crippen LogP contribution is 2.37. The lowest BCUT2D eigenvalue weighted by atomic mass is 10.0. The zero-order valence-corrected chi connectivity index (χ0v) is 11.0. The topological polar surface area (TPSA) is 69.6 Å². The molecule has 1 aliphatic rings. The second-order valence-electron chi connectivity index (χ2n) is 4.39. The molecule has 0 bridgehead atoms.